The van der Waals surface area contributed by atoms with Crippen molar-refractivity contribution in [2.24, 2.45) is 16.6 Å². The van der Waals surface area contributed by atoms with Crippen molar-refractivity contribution < 1.29 is 0 Å². The highest BCUT2D eigenvalue weighted by atomic mass is 15.2. The van der Waals surface area contributed by atoms with Crippen LogP contribution in [0.25, 0.3) is 0 Å². The summed E-state index contributed by atoms with van der Waals surface area (Å²) in [6.07, 6.45) is 5.21. The summed E-state index contributed by atoms with van der Waals surface area (Å²) in [6.45, 7) is 7.76. The Balaban J connectivity index is 1.47. The second-order valence-electron chi connectivity index (χ2n) is 7.16. The number of aliphatic imine (C=N–C) groups is 1. The van der Waals surface area contributed by atoms with Gasteiger partial charge in [-0.3, -0.25) is 4.99 Å². The van der Waals surface area contributed by atoms with E-state index in [0.29, 0.717) is 17.8 Å². The van der Waals surface area contributed by atoms with Gasteiger partial charge in [-0.1, -0.05) is 26.0 Å². The third-order valence-electron chi connectivity index (χ3n) is 5.26. The molecule has 3 rings (SSSR count). The molecule has 1 aliphatic carbocycles. The lowest BCUT2D eigenvalue weighted by molar-refractivity contribution is 0.315. The quantitative estimate of drug-likeness (QED) is 0.625. The summed E-state index contributed by atoms with van der Waals surface area (Å²) in [4.78, 5) is 7.17. The normalized spacial score (nSPS) is 23.9. The second-order valence-corrected chi connectivity index (χ2v) is 7.16. The molecule has 23 heavy (non-hydrogen) atoms. The van der Waals surface area contributed by atoms with Crippen LogP contribution in [0.3, 0.4) is 0 Å². The molecule has 1 saturated heterocycles. The Morgan fingerprint density at radius 1 is 1.30 bits per heavy atom. The molecule has 2 unspecified atom stereocenters. The van der Waals surface area contributed by atoms with E-state index in [0.717, 1.165) is 24.7 Å². The minimum Gasteiger partial charge on any atom is -0.370 e. The minimum absolute atomic E-state index is 0.533. The maximum Gasteiger partial charge on any atom is 0.193 e. The average Bonchev–Trinajstić information content (AvgIpc) is 3.31. The number of hydrogen-bond acceptors (Lipinski definition) is 2. The molecule has 4 heteroatoms. The van der Waals surface area contributed by atoms with Crippen molar-refractivity contribution in [3.8, 4) is 0 Å². The van der Waals surface area contributed by atoms with Crippen LogP contribution in [0.1, 0.15) is 51.0 Å². The third-order valence-corrected chi connectivity index (χ3v) is 5.26. The topological polar surface area (TPSA) is 53.6 Å². The van der Waals surface area contributed by atoms with Crippen molar-refractivity contribution in [2.45, 2.75) is 51.5 Å². The lowest BCUT2D eigenvalue weighted by Gasteiger charge is -2.14. The van der Waals surface area contributed by atoms with E-state index in [4.69, 9.17) is 5.73 Å². The molecule has 0 aromatic heterocycles. The zero-order valence-electron chi connectivity index (χ0n) is 14.5. The monoisotopic (exact) mass is 314 g/mol. The molecule has 1 heterocycles. The first-order valence-electron chi connectivity index (χ1n) is 9.06. The molecule has 2 fully saturated rings. The molecular formula is C19H30N4. The van der Waals surface area contributed by atoms with Crippen molar-refractivity contribution >= 4 is 11.6 Å². The number of nitrogens with one attached hydrogen (secondary N) is 1. The van der Waals surface area contributed by atoms with Gasteiger partial charge in [0.15, 0.2) is 5.96 Å². The first-order chi connectivity index (χ1) is 11.2. The molecule has 126 valence electrons. The standard InChI is InChI=1S/C19H30N4/c1-3-14(2)16-4-6-17(7-5-16)22-19(20)21-12-15-10-11-23(13-15)18-8-9-18/h4-7,14-15,18H,3,8-13H2,1-2H3,(H3,20,21,22). The van der Waals surface area contributed by atoms with Gasteiger partial charge in [-0.2, -0.15) is 0 Å². The number of guanidine groups is 1. The van der Waals surface area contributed by atoms with E-state index in [9.17, 15) is 0 Å². The zero-order valence-corrected chi connectivity index (χ0v) is 14.5. The summed E-state index contributed by atoms with van der Waals surface area (Å²) in [5.74, 6) is 1.81. The highest BCUT2D eigenvalue weighted by Gasteiger charge is 2.34. The van der Waals surface area contributed by atoms with Gasteiger partial charge in [0, 0.05) is 24.8 Å². The highest BCUT2D eigenvalue weighted by molar-refractivity contribution is 5.92. The maximum atomic E-state index is 6.04. The smallest absolute Gasteiger partial charge is 0.193 e. The fourth-order valence-electron chi connectivity index (χ4n) is 3.33. The Hall–Kier alpha value is -1.55. The van der Waals surface area contributed by atoms with E-state index in [2.05, 4.69) is 53.3 Å². The van der Waals surface area contributed by atoms with Crippen LogP contribution >= 0.6 is 0 Å². The fourth-order valence-corrected chi connectivity index (χ4v) is 3.33. The Morgan fingerprint density at radius 3 is 2.70 bits per heavy atom. The molecular weight excluding hydrogens is 284 g/mol. The molecule has 0 bridgehead atoms. The lowest BCUT2D eigenvalue weighted by Crippen LogP contribution is -2.25. The van der Waals surface area contributed by atoms with Gasteiger partial charge in [0.25, 0.3) is 0 Å². The van der Waals surface area contributed by atoms with E-state index < -0.39 is 0 Å². The van der Waals surface area contributed by atoms with Gasteiger partial charge in [0.2, 0.25) is 0 Å². The summed E-state index contributed by atoms with van der Waals surface area (Å²) in [5.41, 5.74) is 8.43. The van der Waals surface area contributed by atoms with Crippen molar-refractivity contribution in [3.05, 3.63) is 29.8 Å². The molecule has 1 saturated carbocycles. The molecule has 2 atom stereocenters. The van der Waals surface area contributed by atoms with Crippen molar-refractivity contribution in [3.63, 3.8) is 0 Å². The first-order valence-corrected chi connectivity index (χ1v) is 9.06. The van der Waals surface area contributed by atoms with Crippen LogP contribution in [0.2, 0.25) is 0 Å². The Bertz CT molecular complexity index is 533. The molecule has 1 aromatic carbocycles. The lowest BCUT2D eigenvalue weighted by atomic mass is 9.99. The Kier molecular flexibility index (Phi) is 5.21. The molecule has 4 nitrogen and oxygen atoms in total. The van der Waals surface area contributed by atoms with Crippen LogP contribution < -0.4 is 11.1 Å². The van der Waals surface area contributed by atoms with E-state index in [1.165, 1.54) is 37.9 Å². The largest absolute Gasteiger partial charge is 0.370 e. The number of nitrogens with two attached hydrogens (primary N) is 1. The Morgan fingerprint density at radius 2 is 2.04 bits per heavy atom. The van der Waals surface area contributed by atoms with Gasteiger partial charge in [0.05, 0.1) is 0 Å². The highest BCUT2D eigenvalue weighted by Crippen LogP contribution is 2.31. The van der Waals surface area contributed by atoms with Crippen molar-refractivity contribution in [2.75, 3.05) is 25.0 Å². The summed E-state index contributed by atoms with van der Waals surface area (Å²) in [7, 11) is 0. The summed E-state index contributed by atoms with van der Waals surface area (Å²) in [6, 6.07) is 9.41. The molecule has 2 aliphatic rings. The molecule has 0 spiro atoms. The molecule has 0 radical (unpaired) electrons. The number of nitrogens with zero attached hydrogens (tertiary/aromatic N) is 2. The number of benzene rings is 1. The molecule has 0 amide bonds. The van der Waals surface area contributed by atoms with Crippen LogP contribution in [-0.2, 0) is 0 Å². The van der Waals surface area contributed by atoms with Gasteiger partial charge in [-0.05, 0) is 61.8 Å². The zero-order chi connectivity index (χ0) is 16.2. The number of rotatable bonds is 6. The van der Waals surface area contributed by atoms with Gasteiger partial charge < -0.3 is 16.0 Å². The van der Waals surface area contributed by atoms with Crippen LogP contribution in [0, 0.1) is 5.92 Å². The summed E-state index contributed by atoms with van der Waals surface area (Å²) in [5, 5.41) is 3.21. The average molecular weight is 314 g/mol. The molecule has 1 aliphatic heterocycles. The van der Waals surface area contributed by atoms with E-state index in [1.807, 2.05) is 0 Å². The number of likely N-dealkylation sites (tertiary alicyclic amines) is 1. The van der Waals surface area contributed by atoms with Gasteiger partial charge in [-0.25, -0.2) is 0 Å². The van der Waals surface area contributed by atoms with Crippen LogP contribution in [0.5, 0.6) is 0 Å². The van der Waals surface area contributed by atoms with E-state index in [1.54, 1.807) is 0 Å². The maximum absolute atomic E-state index is 6.04. The molecule has 3 N–H and O–H groups in total. The predicted molar refractivity (Wildman–Crippen MR) is 98.0 cm³/mol. The van der Waals surface area contributed by atoms with Gasteiger partial charge >= 0.3 is 0 Å². The third kappa shape index (κ3) is 4.47. The van der Waals surface area contributed by atoms with Crippen LogP contribution in [0.4, 0.5) is 5.69 Å². The van der Waals surface area contributed by atoms with Crippen LogP contribution in [-0.4, -0.2) is 36.5 Å². The summed E-state index contributed by atoms with van der Waals surface area (Å²) >= 11 is 0. The Labute approximate surface area is 140 Å². The van der Waals surface area contributed by atoms with Crippen molar-refractivity contribution in [1.82, 2.24) is 4.90 Å². The van der Waals surface area contributed by atoms with Crippen LogP contribution in [0.15, 0.2) is 29.3 Å². The fraction of sp³-hybridized carbons (Fsp3) is 0.632. The van der Waals surface area contributed by atoms with Gasteiger partial charge in [-0.15, -0.1) is 0 Å². The number of anilines is 1. The second kappa shape index (κ2) is 7.35. The van der Waals surface area contributed by atoms with E-state index >= 15 is 0 Å². The SMILES string of the molecule is CCC(C)c1ccc(NC(N)=NCC2CCN(C3CC3)C2)cc1. The predicted octanol–water partition coefficient (Wildman–Crippen LogP) is 3.41. The molecule has 1 aromatic rings. The summed E-state index contributed by atoms with van der Waals surface area (Å²) < 4.78 is 0. The minimum atomic E-state index is 0.533. The van der Waals surface area contributed by atoms with Gasteiger partial charge in [0.1, 0.15) is 0 Å². The number of hydrogen-bond donors (Lipinski definition) is 2. The van der Waals surface area contributed by atoms with E-state index in [-0.39, 0.29) is 0 Å². The first kappa shape index (κ1) is 16.3. The van der Waals surface area contributed by atoms with Crippen molar-refractivity contribution in [1.29, 1.82) is 0 Å².